The first-order chi connectivity index (χ1) is 15.0. The fraction of sp³-hybridized carbons (Fsp3) is 0.360. The number of rotatable bonds is 5. The summed E-state index contributed by atoms with van der Waals surface area (Å²) >= 11 is 0. The maximum Gasteiger partial charge on any atom is 0.246 e. The first-order valence-corrected chi connectivity index (χ1v) is 11.1. The van der Waals surface area contributed by atoms with Gasteiger partial charge in [0.15, 0.2) is 0 Å². The molecule has 2 N–H and O–H groups in total. The van der Waals surface area contributed by atoms with Crippen LogP contribution in [0.15, 0.2) is 54.6 Å². The molecular formula is C25H29N4O2+. The molecule has 1 saturated heterocycles. The number of aromatic amines is 1. The molecule has 0 radical (unpaired) electrons. The number of para-hydroxylation sites is 1. The van der Waals surface area contributed by atoms with Gasteiger partial charge >= 0.3 is 0 Å². The van der Waals surface area contributed by atoms with Crippen molar-refractivity contribution >= 4 is 22.7 Å². The minimum atomic E-state index is -0.454. The number of amides is 2. The number of fused-ring (bicyclic) bond motifs is 4. The van der Waals surface area contributed by atoms with E-state index in [0.717, 1.165) is 40.7 Å². The molecule has 6 heteroatoms. The Hall–Kier alpha value is -3.12. The van der Waals surface area contributed by atoms with Crippen LogP contribution in [-0.4, -0.2) is 66.4 Å². The smallest absolute Gasteiger partial charge is 0.246 e. The molecule has 1 aromatic heterocycles. The fourth-order valence-corrected chi connectivity index (χ4v) is 5.12. The van der Waals surface area contributed by atoms with Crippen LogP contribution >= 0.6 is 0 Å². The summed E-state index contributed by atoms with van der Waals surface area (Å²) in [5.41, 5.74) is 4.28. The van der Waals surface area contributed by atoms with Crippen molar-refractivity contribution in [2.24, 2.45) is 0 Å². The molecule has 0 saturated carbocycles. The molecule has 2 aliphatic heterocycles. The van der Waals surface area contributed by atoms with Gasteiger partial charge in [-0.1, -0.05) is 48.5 Å². The van der Waals surface area contributed by atoms with Crippen molar-refractivity contribution in [2.45, 2.75) is 24.9 Å². The molecule has 160 valence electrons. The van der Waals surface area contributed by atoms with E-state index in [1.54, 1.807) is 4.90 Å². The standard InChI is InChI=1S/C25H28N4O2/c1-27(2)13-8-14-28-16-22(30)29-21(25(28)31)15-19-18-11-6-7-12-20(18)26-23(19)24(29)17-9-4-3-5-10-17/h3-7,9-12,21,24,26H,8,13-16H2,1-2H3/p+1/t21-,24-/m0/s1. The summed E-state index contributed by atoms with van der Waals surface area (Å²) < 4.78 is 0. The molecule has 2 aromatic carbocycles. The van der Waals surface area contributed by atoms with Gasteiger partial charge in [-0.2, -0.15) is 0 Å². The van der Waals surface area contributed by atoms with E-state index in [-0.39, 0.29) is 24.4 Å². The maximum atomic E-state index is 13.5. The van der Waals surface area contributed by atoms with E-state index < -0.39 is 6.04 Å². The molecule has 5 rings (SSSR count). The van der Waals surface area contributed by atoms with Gasteiger partial charge < -0.3 is 19.7 Å². The average molecular weight is 418 g/mol. The first kappa shape index (κ1) is 19.8. The topological polar surface area (TPSA) is 60.9 Å². The van der Waals surface area contributed by atoms with Gasteiger partial charge in [0, 0.05) is 36.0 Å². The highest BCUT2D eigenvalue weighted by molar-refractivity contribution is 5.97. The average Bonchev–Trinajstić information content (AvgIpc) is 3.14. The summed E-state index contributed by atoms with van der Waals surface area (Å²) in [6, 6.07) is 17.6. The quantitative estimate of drug-likeness (QED) is 0.659. The SMILES string of the molecule is C[NH+](C)CCCN1CC(=O)N2[C@@H](c3ccccc3)c3[nH]c4ccccc4c3C[C@H]2C1=O. The lowest BCUT2D eigenvalue weighted by Crippen LogP contribution is -3.05. The summed E-state index contributed by atoms with van der Waals surface area (Å²) in [5.74, 6) is 0.102. The number of hydrogen-bond donors (Lipinski definition) is 2. The van der Waals surface area contributed by atoms with Gasteiger partial charge in [0.1, 0.15) is 6.04 Å². The number of piperazine rings is 1. The van der Waals surface area contributed by atoms with Crippen LogP contribution in [0.1, 0.15) is 29.3 Å². The van der Waals surface area contributed by atoms with Crippen molar-refractivity contribution in [3.05, 3.63) is 71.4 Å². The highest BCUT2D eigenvalue weighted by atomic mass is 16.2. The zero-order valence-corrected chi connectivity index (χ0v) is 18.1. The number of H-pyrrole nitrogens is 1. The molecule has 0 unspecified atom stereocenters. The van der Waals surface area contributed by atoms with Crippen molar-refractivity contribution in [1.82, 2.24) is 14.8 Å². The Morgan fingerprint density at radius 1 is 1.03 bits per heavy atom. The third kappa shape index (κ3) is 3.41. The molecule has 1 fully saturated rings. The minimum absolute atomic E-state index is 0.0277. The number of nitrogens with one attached hydrogen (secondary N) is 2. The van der Waals surface area contributed by atoms with Crippen LogP contribution in [0.4, 0.5) is 0 Å². The first-order valence-electron chi connectivity index (χ1n) is 11.1. The van der Waals surface area contributed by atoms with Gasteiger partial charge in [-0.3, -0.25) is 9.59 Å². The van der Waals surface area contributed by atoms with Crippen molar-refractivity contribution in [3.8, 4) is 0 Å². The van der Waals surface area contributed by atoms with E-state index in [1.807, 2.05) is 47.4 Å². The number of quaternary nitrogens is 1. The highest BCUT2D eigenvalue weighted by Gasteiger charge is 2.47. The monoisotopic (exact) mass is 417 g/mol. The van der Waals surface area contributed by atoms with Gasteiger partial charge in [-0.15, -0.1) is 0 Å². The van der Waals surface area contributed by atoms with Gasteiger partial charge in [-0.25, -0.2) is 0 Å². The van der Waals surface area contributed by atoms with Crippen LogP contribution in [0.25, 0.3) is 10.9 Å². The van der Waals surface area contributed by atoms with E-state index >= 15 is 0 Å². The molecule has 0 aliphatic carbocycles. The van der Waals surface area contributed by atoms with E-state index in [0.29, 0.717) is 13.0 Å². The van der Waals surface area contributed by atoms with Crippen molar-refractivity contribution in [1.29, 1.82) is 0 Å². The maximum absolute atomic E-state index is 13.5. The predicted molar refractivity (Wildman–Crippen MR) is 120 cm³/mol. The second-order valence-corrected chi connectivity index (χ2v) is 8.97. The molecule has 3 aromatic rings. The number of benzene rings is 2. The lowest BCUT2D eigenvalue weighted by atomic mass is 9.86. The van der Waals surface area contributed by atoms with Gasteiger partial charge in [0.2, 0.25) is 11.8 Å². The number of nitrogens with zero attached hydrogens (tertiary/aromatic N) is 2. The van der Waals surface area contributed by atoms with Crippen LogP contribution in [0.2, 0.25) is 0 Å². The number of aromatic nitrogens is 1. The van der Waals surface area contributed by atoms with Crippen molar-refractivity contribution in [2.75, 3.05) is 33.7 Å². The third-order valence-electron chi connectivity index (χ3n) is 6.56. The molecule has 0 bridgehead atoms. The highest BCUT2D eigenvalue weighted by Crippen LogP contribution is 2.42. The fourth-order valence-electron chi connectivity index (χ4n) is 5.12. The van der Waals surface area contributed by atoms with Crippen LogP contribution in [0.5, 0.6) is 0 Å². The second kappa shape index (κ2) is 7.85. The minimum Gasteiger partial charge on any atom is -0.356 e. The summed E-state index contributed by atoms with van der Waals surface area (Å²) in [7, 11) is 4.21. The lowest BCUT2D eigenvalue weighted by Gasteiger charge is -2.47. The van der Waals surface area contributed by atoms with E-state index in [1.165, 1.54) is 4.90 Å². The van der Waals surface area contributed by atoms with Gasteiger partial charge in [0.05, 0.1) is 33.2 Å². The lowest BCUT2D eigenvalue weighted by molar-refractivity contribution is -0.858. The van der Waals surface area contributed by atoms with Crippen molar-refractivity contribution < 1.29 is 14.5 Å². The van der Waals surface area contributed by atoms with E-state index in [2.05, 4.69) is 31.2 Å². The summed E-state index contributed by atoms with van der Waals surface area (Å²) in [5, 5.41) is 1.15. The Kier molecular flexibility index (Phi) is 5.02. The third-order valence-corrected chi connectivity index (χ3v) is 6.56. The molecular weight excluding hydrogens is 388 g/mol. The van der Waals surface area contributed by atoms with E-state index in [4.69, 9.17) is 0 Å². The van der Waals surface area contributed by atoms with Crippen LogP contribution in [-0.2, 0) is 16.0 Å². The molecule has 31 heavy (non-hydrogen) atoms. The van der Waals surface area contributed by atoms with Crippen LogP contribution in [0.3, 0.4) is 0 Å². The summed E-state index contributed by atoms with van der Waals surface area (Å²) in [6.45, 7) is 1.78. The molecule has 3 heterocycles. The Bertz CT molecular complexity index is 1120. The number of hydrogen-bond acceptors (Lipinski definition) is 2. The number of carbonyl (C=O) groups excluding carboxylic acids is 2. The Labute approximate surface area is 182 Å². The van der Waals surface area contributed by atoms with Gasteiger partial charge in [-0.05, 0) is 17.2 Å². The zero-order valence-electron chi connectivity index (χ0n) is 18.1. The molecule has 2 aliphatic rings. The Morgan fingerprint density at radius 2 is 1.77 bits per heavy atom. The van der Waals surface area contributed by atoms with Crippen molar-refractivity contribution in [3.63, 3.8) is 0 Å². The normalized spacial score (nSPS) is 21.0. The Balaban J connectivity index is 1.57. The summed E-state index contributed by atoms with van der Waals surface area (Å²) in [6.07, 6.45) is 1.46. The molecule has 2 amide bonds. The summed E-state index contributed by atoms with van der Waals surface area (Å²) in [4.78, 5) is 35.5. The molecule has 2 atom stereocenters. The number of carbonyl (C=O) groups is 2. The second-order valence-electron chi connectivity index (χ2n) is 8.97. The van der Waals surface area contributed by atoms with Crippen LogP contribution in [0, 0.1) is 0 Å². The van der Waals surface area contributed by atoms with Crippen LogP contribution < -0.4 is 4.90 Å². The van der Waals surface area contributed by atoms with Gasteiger partial charge in [0.25, 0.3) is 0 Å². The molecule has 0 spiro atoms. The van der Waals surface area contributed by atoms with E-state index in [9.17, 15) is 9.59 Å². The zero-order chi connectivity index (χ0) is 21.5. The molecule has 6 nitrogen and oxygen atoms in total. The Morgan fingerprint density at radius 3 is 2.55 bits per heavy atom. The largest absolute Gasteiger partial charge is 0.356 e. The predicted octanol–water partition coefficient (Wildman–Crippen LogP) is 1.39.